The Bertz CT molecular complexity index is 189. The molecule has 0 bridgehead atoms. The molecule has 0 amide bonds. The highest BCUT2D eigenvalue weighted by atomic mass is 32.2. The Balaban J connectivity index is 3.83. The van der Waals surface area contributed by atoms with E-state index in [9.17, 15) is 0 Å². The Morgan fingerprint density at radius 3 is 1.23 bits per heavy atom. The molecule has 0 aromatic rings. The minimum absolute atomic E-state index is 1.17. The van der Waals surface area contributed by atoms with E-state index in [1.54, 1.807) is 0 Å². The van der Waals surface area contributed by atoms with Crippen LogP contribution in [0.4, 0.5) is 0 Å². The second-order valence-corrected chi connectivity index (χ2v) is 5.04. The van der Waals surface area contributed by atoms with Crippen molar-refractivity contribution in [2.24, 2.45) is 0 Å². The van der Waals surface area contributed by atoms with Crippen LogP contribution in [0.2, 0.25) is 0 Å². The van der Waals surface area contributed by atoms with E-state index in [0.29, 0.717) is 0 Å². The van der Waals surface area contributed by atoms with Crippen molar-refractivity contribution in [2.45, 2.75) is 41.5 Å². The van der Waals surface area contributed by atoms with Crippen LogP contribution in [0, 0.1) is 0 Å². The first-order valence-electron chi connectivity index (χ1n) is 4.78. The molecule has 0 radical (unpaired) electrons. The second-order valence-electron chi connectivity index (χ2n) is 4.05. The molecule has 0 aromatic heterocycles. The molecule has 0 unspecified atom stereocenters. The van der Waals surface area contributed by atoms with Gasteiger partial charge in [0.05, 0.1) is 0 Å². The van der Waals surface area contributed by atoms with Crippen LogP contribution in [0.25, 0.3) is 0 Å². The van der Waals surface area contributed by atoms with Crippen LogP contribution in [-0.2, 0) is 0 Å². The van der Waals surface area contributed by atoms with E-state index < -0.39 is 0 Å². The molecule has 0 fully saturated rings. The van der Waals surface area contributed by atoms with Crippen LogP contribution in [0.5, 0.6) is 0 Å². The Hall–Kier alpha value is -0.170. The lowest BCUT2D eigenvalue weighted by molar-refractivity contribution is 1.22. The predicted molar refractivity (Wildman–Crippen MR) is 65.4 cm³/mol. The normalized spacial score (nSPS) is 9.69. The van der Waals surface area contributed by atoms with E-state index in [1.807, 2.05) is 11.8 Å². The van der Waals surface area contributed by atoms with Gasteiger partial charge < -0.3 is 0 Å². The Kier molecular flexibility index (Phi) is 6.23. The van der Waals surface area contributed by atoms with Crippen LogP contribution < -0.4 is 0 Å². The molecule has 0 atom stereocenters. The lowest BCUT2D eigenvalue weighted by atomic mass is 10.2. The van der Waals surface area contributed by atoms with Gasteiger partial charge >= 0.3 is 0 Å². The zero-order valence-electron chi connectivity index (χ0n) is 9.82. The Morgan fingerprint density at radius 1 is 0.692 bits per heavy atom. The molecule has 0 rings (SSSR count). The van der Waals surface area contributed by atoms with Gasteiger partial charge in [-0.3, -0.25) is 0 Å². The fraction of sp³-hybridized carbons (Fsp3) is 0.667. The van der Waals surface area contributed by atoms with E-state index in [0.717, 1.165) is 0 Å². The van der Waals surface area contributed by atoms with Crippen LogP contribution in [0.3, 0.4) is 0 Å². The van der Waals surface area contributed by atoms with Gasteiger partial charge in [0.1, 0.15) is 0 Å². The molecule has 0 spiro atoms. The Labute approximate surface area is 87.5 Å². The van der Waals surface area contributed by atoms with Crippen molar-refractivity contribution in [3.05, 3.63) is 22.3 Å². The minimum Gasteiger partial charge on any atom is -0.153 e. The monoisotopic (exact) mass is 198 g/mol. The molecule has 0 saturated carbocycles. The van der Waals surface area contributed by atoms with Gasteiger partial charge in [0.15, 0.2) is 0 Å². The summed E-state index contributed by atoms with van der Waals surface area (Å²) in [5.74, 6) is 2.35. The molecule has 0 aliphatic carbocycles. The molecule has 0 aromatic carbocycles. The van der Waals surface area contributed by atoms with E-state index >= 15 is 0 Å². The molecule has 13 heavy (non-hydrogen) atoms. The van der Waals surface area contributed by atoms with E-state index in [4.69, 9.17) is 0 Å². The smallest absolute Gasteiger partial charge is 0.0146 e. The van der Waals surface area contributed by atoms with Crippen LogP contribution in [0.15, 0.2) is 22.3 Å². The minimum atomic E-state index is 1.17. The summed E-state index contributed by atoms with van der Waals surface area (Å²) in [7, 11) is 0. The van der Waals surface area contributed by atoms with E-state index in [2.05, 4.69) is 41.5 Å². The maximum Gasteiger partial charge on any atom is 0.0146 e. The van der Waals surface area contributed by atoms with Crippen molar-refractivity contribution >= 4 is 11.8 Å². The molecule has 0 heterocycles. The average molecular weight is 198 g/mol. The lowest BCUT2D eigenvalue weighted by Gasteiger charge is -2.05. The highest BCUT2D eigenvalue weighted by Gasteiger charge is 1.96. The first-order chi connectivity index (χ1) is 5.95. The average Bonchev–Trinajstić information content (AvgIpc) is 2.03. The highest BCUT2D eigenvalue weighted by Crippen LogP contribution is 2.15. The van der Waals surface area contributed by atoms with Crippen LogP contribution in [0.1, 0.15) is 41.5 Å². The van der Waals surface area contributed by atoms with Crippen molar-refractivity contribution in [1.82, 2.24) is 0 Å². The summed E-state index contributed by atoms with van der Waals surface area (Å²) in [6.07, 6.45) is 0. The fourth-order valence-corrected chi connectivity index (χ4v) is 1.94. The zero-order chi connectivity index (χ0) is 10.4. The molecule has 0 aliphatic rings. The lowest BCUT2D eigenvalue weighted by Crippen LogP contribution is -1.90. The van der Waals surface area contributed by atoms with Gasteiger partial charge in [0.25, 0.3) is 0 Å². The van der Waals surface area contributed by atoms with Crippen molar-refractivity contribution in [2.75, 3.05) is 11.5 Å². The summed E-state index contributed by atoms with van der Waals surface area (Å²) in [5.41, 5.74) is 5.96. The van der Waals surface area contributed by atoms with Crippen molar-refractivity contribution < 1.29 is 0 Å². The quantitative estimate of drug-likeness (QED) is 0.602. The topological polar surface area (TPSA) is 0 Å². The van der Waals surface area contributed by atoms with Crippen molar-refractivity contribution in [1.29, 1.82) is 0 Å². The largest absolute Gasteiger partial charge is 0.153 e. The van der Waals surface area contributed by atoms with Gasteiger partial charge in [-0.25, -0.2) is 0 Å². The first kappa shape index (κ1) is 12.8. The van der Waals surface area contributed by atoms with Gasteiger partial charge in [-0.05, 0) is 41.5 Å². The molecular weight excluding hydrogens is 176 g/mol. The highest BCUT2D eigenvalue weighted by molar-refractivity contribution is 7.99. The van der Waals surface area contributed by atoms with Crippen molar-refractivity contribution in [3.8, 4) is 0 Å². The maximum absolute atomic E-state index is 2.22. The van der Waals surface area contributed by atoms with Gasteiger partial charge in [0, 0.05) is 11.5 Å². The summed E-state index contributed by atoms with van der Waals surface area (Å²) >= 11 is 2.01. The number of rotatable bonds is 4. The molecule has 76 valence electrons. The van der Waals surface area contributed by atoms with E-state index in [-0.39, 0.29) is 0 Å². The zero-order valence-corrected chi connectivity index (χ0v) is 10.6. The number of hydrogen-bond donors (Lipinski definition) is 0. The van der Waals surface area contributed by atoms with Gasteiger partial charge in [-0.15, -0.1) is 0 Å². The standard InChI is InChI=1S/C12H22S/c1-9(2)11(5)7-13-8-12(6)10(3)4/h7-8H2,1-6H3. The van der Waals surface area contributed by atoms with Crippen molar-refractivity contribution in [3.63, 3.8) is 0 Å². The predicted octanol–water partition coefficient (Wildman–Crippen LogP) is 4.43. The maximum atomic E-state index is 2.22. The summed E-state index contributed by atoms with van der Waals surface area (Å²) in [5, 5.41) is 0. The third-order valence-corrected chi connectivity index (χ3v) is 3.62. The van der Waals surface area contributed by atoms with Gasteiger partial charge in [0.2, 0.25) is 0 Å². The van der Waals surface area contributed by atoms with E-state index in [1.165, 1.54) is 33.8 Å². The molecule has 0 saturated heterocycles. The first-order valence-corrected chi connectivity index (χ1v) is 5.94. The molecule has 1 heteroatoms. The summed E-state index contributed by atoms with van der Waals surface area (Å²) in [6.45, 7) is 13.2. The third-order valence-electron chi connectivity index (χ3n) is 2.34. The number of thioether (sulfide) groups is 1. The van der Waals surface area contributed by atoms with Gasteiger partial charge in [-0.1, -0.05) is 22.3 Å². The van der Waals surface area contributed by atoms with Crippen LogP contribution >= 0.6 is 11.8 Å². The number of hydrogen-bond acceptors (Lipinski definition) is 1. The summed E-state index contributed by atoms with van der Waals surface area (Å²) < 4.78 is 0. The SMILES string of the molecule is CC(C)=C(C)CSCC(C)=C(C)C. The van der Waals surface area contributed by atoms with Gasteiger partial charge in [-0.2, -0.15) is 11.8 Å². The fourth-order valence-electron chi connectivity index (χ4n) is 0.646. The third kappa shape index (κ3) is 5.98. The second kappa shape index (κ2) is 6.31. The molecule has 0 N–H and O–H groups in total. The summed E-state index contributed by atoms with van der Waals surface area (Å²) in [4.78, 5) is 0. The van der Waals surface area contributed by atoms with Crippen LogP contribution in [-0.4, -0.2) is 11.5 Å². The summed E-state index contributed by atoms with van der Waals surface area (Å²) in [6, 6.07) is 0. The molecular formula is C12H22S. The molecule has 0 nitrogen and oxygen atoms in total. The molecule has 0 aliphatic heterocycles. The number of allylic oxidation sites excluding steroid dienone is 2. The Morgan fingerprint density at radius 2 is 1.00 bits per heavy atom.